The van der Waals surface area contributed by atoms with Crippen molar-refractivity contribution in [2.75, 3.05) is 44.2 Å². The molecule has 1 unspecified atom stereocenters. The van der Waals surface area contributed by atoms with Gasteiger partial charge < -0.3 is 19.8 Å². The van der Waals surface area contributed by atoms with E-state index in [2.05, 4.69) is 21.6 Å². The van der Waals surface area contributed by atoms with Crippen LogP contribution < -0.4 is 4.90 Å². The van der Waals surface area contributed by atoms with E-state index in [1.54, 1.807) is 12.1 Å². The summed E-state index contributed by atoms with van der Waals surface area (Å²) in [5.74, 6) is -0.577. The molecular weight excluding hydrogens is 515 g/mol. The molecule has 1 aromatic rings. The van der Waals surface area contributed by atoms with Crippen LogP contribution in [0.3, 0.4) is 0 Å². The largest absolute Gasteiger partial charge is 0.478 e. The zero-order chi connectivity index (χ0) is 28.1. The Kier molecular flexibility index (Phi) is 7.26. The fraction of sp³-hybridized carbons (Fsp3) is 0.594. The number of piperidine rings is 1. The van der Waals surface area contributed by atoms with Crippen molar-refractivity contribution < 1.29 is 23.1 Å². The Labute approximate surface area is 235 Å². The Morgan fingerprint density at radius 1 is 0.975 bits per heavy atom. The first-order chi connectivity index (χ1) is 19.2. The molecular formula is C32H40F3N3O2. The molecule has 0 radical (unpaired) electrons. The highest BCUT2D eigenvalue weighted by molar-refractivity contribution is 5.91. The van der Waals surface area contributed by atoms with Crippen LogP contribution in [0, 0.1) is 5.92 Å². The number of hydrogen-bond acceptors (Lipinski definition) is 4. The molecule has 5 nitrogen and oxygen atoms in total. The third-order valence-corrected chi connectivity index (χ3v) is 9.91. The summed E-state index contributed by atoms with van der Waals surface area (Å²) in [6.45, 7) is 6.97. The molecule has 216 valence electrons. The van der Waals surface area contributed by atoms with Crippen LogP contribution in [-0.4, -0.2) is 65.7 Å². The standard InChI is InChI=1S/C32H40F3N3O2/c1-31-21-23(30(39)40)10-13-26(31)28(22-8-4-2-5-9-22)29-25-12-11-24(32(33,34)35)20-27(25)37(18-19-38(29)31)17-16-36-14-6-3-7-15-36/h10-13,20,22H,2-9,14-19,21H2,1H3,(H,39,40). The number of hydrogen-bond donors (Lipinski definition) is 1. The molecule has 1 atom stereocenters. The molecule has 1 saturated carbocycles. The number of fused-ring (bicyclic) bond motifs is 5. The summed E-state index contributed by atoms with van der Waals surface area (Å²) < 4.78 is 42.0. The molecule has 2 fully saturated rings. The quantitative estimate of drug-likeness (QED) is 0.437. The van der Waals surface area contributed by atoms with E-state index >= 15 is 0 Å². The second-order valence-electron chi connectivity index (χ2n) is 12.4. The molecule has 3 aliphatic heterocycles. The van der Waals surface area contributed by atoms with Gasteiger partial charge in [-0.05, 0) is 74.9 Å². The zero-order valence-corrected chi connectivity index (χ0v) is 23.4. The minimum Gasteiger partial charge on any atom is -0.478 e. The number of anilines is 1. The van der Waals surface area contributed by atoms with E-state index in [0.717, 1.165) is 62.2 Å². The molecule has 0 spiro atoms. The number of aliphatic carboxylic acids is 1. The fourth-order valence-corrected chi connectivity index (χ4v) is 7.82. The first-order valence-corrected chi connectivity index (χ1v) is 15.0. The first kappa shape index (κ1) is 27.4. The Morgan fingerprint density at radius 3 is 2.40 bits per heavy atom. The first-order valence-electron chi connectivity index (χ1n) is 15.0. The van der Waals surface area contributed by atoms with Gasteiger partial charge in [-0.2, -0.15) is 13.2 Å². The highest BCUT2D eigenvalue weighted by Gasteiger charge is 2.51. The molecule has 0 aromatic heterocycles. The zero-order valence-electron chi connectivity index (χ0n) is 23.4. The molecule has 0 amide bonds. The molecule has 1 saturated heterocycles. The summed E-state index contributed by atoms with van der Waals surface area (Å²) >= 11 is 0. The van der Waals surface area contributed by atoms with Gasteiger partial charge in [-0.1, -0.05) is 43.9 Å². The summed E-state index contributed by atoms with van der Waals surface area (Å²) in [4.78, 5) is 19.0. The SMILES string of the molecule is CC12CC(C(=O)O)=CC=C1C(C1CCCCC1)=C1c3ccc(C(F)(F)F)cc3N(CCN3CCCCC3)CCN12. The number of nitrogens with zero attached hydrogens (tertiary/aromatic N) is 3. The van der Waals surface area contributed by atoms with Crippen molar-refractivity contribution in [1.29, 1.82) is 0 Å². The molecule has 6 rings (SSSR count). The van der Waals surface area contributed by atoms with Gasteiger partial charge in [0, 0.05) is 49.4 Å². The molecule has 0 bridgehead atoms. The summed E-state index contributed by atoms with van der Waals surface area (Å²) in [6.07, 6.45) is 8.91. The molecule has 1 N–H and O–H groups in total. The number of carbonyl (C=O) groups is 1. The van der Waals surface area contributed by atoms with Crippen molar-refractivity contribution in [3.8, 4) is 0 Å². The average molecular weight is 556 g/mol. The van der Waals surface area contributed by atoms with Gasteiger partial charge >= 0.3 is 12.1 Å². The van der Waals surface area contributed by atoms with Crippen molar-refractivity contribution in [2.45, 2.75) is 76.4 Å². The van der Waals surface area contributed by atoms with Crippen molar-refractivity contribution in [3.63, 3.8) is 0 Å². The molecule has 40 heavy (non-hydrogen) atoms. The van der Waals surface area contributed by atoms with Crippen LogP contribution in [0.15, 0.2) is 47.1 Å². The van der Waals surface area contributed by atoms with Gasteiger partial charge in [-0.3, -0.25) is 0 Å². The minimum atomic E-state index is -4.42. The van der Waals surface area contributed by atoms with Gasteiger partial charge in [-0.15, -0.1) is 0 Å². The van der Waals surface area contributed by atoms with Crippen LogP contribution in [0.4, 0.5) is 18.9 Å². The van der Waals surface area contributed by atoms with E-state index < -0.39 is 23.2 Å². The molecule has 1 aromatic carbocycles. The van der Waals surface area contributed by atoms with Crippen molar-refractivity contribution in [2.24, 2.45) is 5.92 Å². The Balaban J connectivity index is 1.49. The highest BCUT2D eigenvalue weighted by atomic mass is 19.4. The number of carboxylic acids is 1. The van der Waals surface area contributed by atoms with Crippen LogP contribution in [-0.2, 0) is 11.0 Å². The van der Waals surface area contributed by atoms with E-state index in [4.69, 9.17) is 0 Å². The predicted octanol–water partition coefficient (Wildman–Crippen LogP) is 6.72. The summed E-state index contributed by atoms with van der Waals surface area (Å²) in [5.41, 5.74) is 4.18. The van der Waals surface area contributed by atoms with Gasteiger partial charge in [0.2, 0.25) is 0 Å². The third kappa shape index (κ3) is 4.86. The maximum absolute atomic E-state index is 14.0. The second kappa shape index (κ2) is 10.6. The highest BCUT2D eigenvalue weighted by Crippen LogP contribution is 2.56. The Bertz CT molecular complexity index is 1250. The van der Waals surface area contributed by atoms with Gasteiger partial charge in [0.25, 0.3) is 0 Å². The van der Waals surface area contributed by atoms with Crippen LogP contribution in [0.1, 0.15) is 75.8 Å². The summed E-state index contributed by atoms with van der Waals surface area (Å²) in [7, 11) is 0. The maximum atomic E-state index is 14.0. The third-order valence-electron chi connectivity index (χ3n) is 9.91. The van der Waals surface area contributed by atoms with E-state index in [9.17, 15) is 23.1 Å². The lowest BCUT2D eigenvalue weighted by Crippen LogP contribution is -2.47. The van der Waals surface area contributed by atoms with E-state index in [1.165, 1.54) is 43.4 Å². The van der Waals surface area contributed by atoms with Crippen LogP contribution in [0.25, 0.3) is 5.70 Å². The normalized spacial score (nSPS) is 26.1. The monoisotopic (exact) mass is 555 g/mol. The van der Waals surface area contributed by atoms with Crippen molar-refractivity contribution in [3.05, 3.63) is 58.2 Å². The van der Waals surface area contributed by atoms with Gasteiger partial charge in [0.15, 0.2) is 0 Å². The second-order valence-corrected chi connectivity index (χ2v) is 12.4. The minimum absolute atomic E-state index is 0.328. The van der Waals surface area contributed by atoms with Gasteiger partial charge in [0.1, 0.15) is 0 Å². The van der Waals surface area contributed by atoms with Crippen molar-refractivity contribution in [1.82, 2.24) is 9.80 Å². The van der Waals surface area contributed by atoms with Gasteiger partial charge in [-0.25, -0.2) is 4.79 Å². The fourth-order valence-electron chi connectivity index (χ4n) is 7.82. The van der Waals surface area contributed by atoms with Gasteiger partial charge in [0.05, 0.1) is 16.8 Å². The van der Waals surface area contributed by atoms with Crippen molar-refractivity contribution >= 4 is 17.4 Å². The Morgan fingerprint density at radius 2 is 1.70 bits per heavy atom. The van der Waals surface area contributed by atoms with Crippen LogP contribution in [0.5, 0.6) is 0 Å². The molecule has 2 aliphatic carbocycles. The van der Waals surface area contributed by atoms with E-state index in [1.807, 2.05) is 6.08 Å². The van der Waals surface area contributed by atoms with E-state index in [0.29, 0.717) is 43.2 Å². The lowest BCUT2D eigenvalue weighted by Gasteiger charge is -2.41. The smallest absolute Gasteiger partial charge is 0.416 e. The number of benzene rings is 1. The topological polar surface area (TPSA) is 47.0 Å². The predicted molar refractivity (Wildman–Crippen MR) is 151 cm³/mol. The van der Waals surface area contributed by atoms with Crippen LogP contribution in [0.2, 0.25) is 0 Å². The number of carboxylic acid groups (broad SMARTS) is 1. The number of halogens is 3. The molecule has 5 aliphatic rings. The number of allylic oxidation sites excluding steroid dienone is 2. The maximum Gasteiger partial charge on any atom is 0.416 e. The molecule has 8 heteroatoms. The number of rotatable bonds is 5. The lowest BCUT2D eigenvalue weighted by atomic mass is 9.73. The number of alkyl halides is 3. The average Bonchev–Trinajstić information content (AvgIpc) is 3.09. The summed E-state index contributed by atoms with van der Waals surface area (Å²) in [5, 5.41) is 9.89. The van der Waals surface area contributed by atoms with Crippen LogP contribution >= 0.6 is 0 Å². The lowest BCUT2D eigenvalue weighted by molar-refractivity contribution is -0.137. The number of likely N-dealkylation sites (tertiary alicyclic amines) is 1. The van der Waals surface area contributed by atoms with E-state index in [-0.39, 0.29) is 0 Å². The molecule has 3 heterocycles. The summed E-state index contributed by atoms with van der Waals surface area (Å²) in [6, 6.07) is 4.28. The Hall–Kier alpha value is -2.74.